The summed E-state index contributed by atoms with van der Waals surface area (Å²) in [7, 11) is 4.23. The molecule has 2 aliphatic rings. The summed E-state index contributed by atoms with van der Waals surface area (Å²) in [5.74, 6) is 0.766. The molecule has 5 aromatic heterocycles. The third kappa shape index (κ3) is 6.55. The second-order valence-corrected chi connectivity index (χ2v) is 13.4. The van der Waals surface area contributed by atoms with E-state index in [1.165, 1.54) is 36.7 Å². The number of hydrogen-bond acceptors (Lipinski definition) is 12. The maximum atomic E-state index is 14.7. The second kappa shape index (κ2) is 14.3. The highest BCUT2D eigenvalue weighted by molar-refractivity contribution is 5.86. The van der Waals surface area contributed by atoms with Crippen molar-refractivity contribution in [2.75, 3.05) is 76.3 Å². The number of nitrogens with zero attached hydrogens (tertiary/aromatic N) is 11. The van der Waals surface area contributed by atoms with Gasteiger partial charge in [0, 0.05) is 52.4 Å². The molecular formula is C37H38F2N12O2. The molecule has 2 fully saturated rings. The van der Waals surface area contributed by atoms with Gasteiger partial charge in [-0.3, -0.25) is 4.79 Å². The highest BCUT2D eigenvalue weighted by Crippen LogP contribution is 2.34. The Hall–Kier alpha value is -5.87. The number of fused-ring (bicyclic) bond motifs is 3. The molecule has 14 nitrogen and oxygen atoms in total. The van der Waals surface area contributed by atoms with Gasteiger partial charge in [-0.25, -0.2) is 38.7 Å². The van der Waals surface area contributed by atoms with E-state index < -0.39 is 23.1 Å². The van der Waals surface area contributed by atoms with Crippen molar-refractivity contribution >= 4 is 44.9 Å². The standard InChI is InChI=1S/C27H24F2N6O2.C10H14N6/c1-16(35-15-32-23-26(30-14-31-27(23)35)34-11-9-33(2)10-12-34)25-21(17-5-3-6-18(28)13-17)24(36)22-19(29)7-4-8-20(22)37-25;1-15-2-4-16(5-3-15)10-8-9(12-6-11-8)13-7-14-10/h3-8,13-16H,9-12H2,1-2H3;6-7H,2-5H2,1H3,(H,11,12,13,14). The van der Waals surface area contributed by atoms with Gasteiger partial charge in [-0.15, -0.1) is 0 Å². The molecule has 0 amide bonds. The van der Waals surface area contributed by atoms with Gasteiger partial charge in [0.05, 0.1) is 24.3 Å². The van der Waals surface area contributed by atoms with Crippen molar-refractivity contribution in [2.24, 2.45) is 0 Å². The normalized spacial score (nSPS) is 16.3. The molecule has 1 N–H and O–H groups in total. The summed E-state index contributed by atoms with van der Waals surface area (Å²) in [5.41, 5.74) is 2.84. The summed E-state index contributed by atoms with van der Waals surface area (Å²) in [4.78, 5) is 52.0. The second-order valence-electron chi connectivity index (χ2n) is 13.4. The van der Waals surface area contributed by atoms with Gasteiger partial charge in [0.1, 0.15) is 46.5 Å². The van der Waals surface area contributed by atoms with Gasteiger partial charge in [0.2, 0.25) is 5.43 Å². The Balaban J connectivity index is 0.000000207. The van der Waals surface area contributed by atoms with Gasteiger partial charge in [-0.1, -0.05) is 18.2 Å². The fraction of sp³-hybridized carbons (Fsp3) is 0.324. The fourth-order valence-corrected chi connectivity index (χ4v) is 6.94. The predicted molar refractivity (Wildman–Crippen MR) is 198 cm³/mol. The molecule has 0 saturated carbocycles. The first-order chi connectivity index (χ1) is 25.8. The lowest BCUT2D eigenvalue weighted by atomic mass is 9.99. The number of aromatic nitrogens is 8. The first-order valence-electron chi connectivity index (χ1n) is 17.5. The van der Waals surface area contributed by atoms with E-state index in [0.717, 1.165) is 75.2 Å². The molecule has 0 spiro atoms. The Labute approximate surface area is 302 Å². The van der Waals surface area contributed by atoms with E-state index in [1.807, 2.05) is 6.92 Å². The topological polar surface area (TPSA) is 141 Å². The molecule has 272 valence electrons. The first-order valence-corrected chi connectivity index (χ1v) is 17.5. The molecule has 7 aromatic rings. The third-order valence-electron chi connectivity index (χ3n) is 9.95. The Morgan fingerprint density at radius 1 is 0.792 bits per heavy atom. The monoisotopic (exact) mass is 720 g/mol. The molecule has 9 rings (SSSR count). The number of H-pyrrole nitrogens is 1. The van der Waals surface area contributed by atoms with Gasteiger partial charge in [-0.2, -0.15) is 0 Å². The quantitative estimate of drug-likeness (QED) is 0.271. The third-order valence-corrected chi connectivity index (χ3v) is 9.95. The van der Waals surface area contributed by atoms with Gasteiger partial charge >= 0.3 is 0 Å². The van der Waals surface area contributed by atoms with Crippen LogP contribution in [0.5, 0.6) is 0 Å². The molecule has 0 aliphatic carbocycles. The van der Waals surface area contributed by atoms with Crippen LogP contribution in [0, 0.1) is 11.6 Å². The fourth-order valence-electron chi connectivity index (χ4n) is 6.94. The zero-order valence-corrected chi connectivity index (χ0v) is 29.6. The smallest absolute Gasteiger partial charge is 0.203 e. The van der Waals surface area contributed by atoms with E-state index >= 15 is 0 Å². The molecule has 1 atom stereocenters. The molecular weight excluding hydrogens is 682 g/mol. The number of hydrogen-bond donors (Lipinski definition) is 1. The summed E-state index contributed by atoms with van der Waals surface area (Å²) in [6.07, 6.45) is 6.38. The van der Waals surface area contributed by atoms with Crippen LogP contribution in [0.15, 0.2) is 77.0 Å². The number of nitrogens with one attached hydrogen (secondary N) is 1. The molecule has 2 aromatic carbocycles. The van der Waals surface area contributed by atoms with Gasteiger partial charge in [-0.05, 0) is 50.8 Å². The van der Waals surface area contributed by atoms with Crippen LogP contribution in [0.1, 0.15) is 18.7 Å². The number of likely N-dealkylation sites (N-methyl/N-ethyl adjacent to an activating group) is 2. The number of piperazine rings is 2. The minimum absolute atomic E-state index is 0.0970. The van der Waals surface area contributed by atoms with E-state index in [2.05, 4.69) is 68.6 Å². The minimum atomic E-state index is -0.694. The van der Waals surface area contributed by atoms with E-state index in [9.17, 15) is 13.6 Å². The molecule has 2 aliphatic heterocycles. The predicted octanol–water partition coefficient (Wildman–Crippen LogP) is 4.34. The minimum Gasteiger partial charge on any atom is -0.458 e. The number of halogens is 2. The van der Waals surface area contributed by atoms with E-state index in [1.54, 1.807) is 35.7 Å². The zero-order valence-electron chi connectivity index (χ0n) is 29.6. The summed E-state index contributed by atoms with van der Waals surface area (Å²) >= 11 is 0. The van der Waals surface area contributed by atoms with Crippen molar-refractivity contribution < 1.29 is 13.2 Å². The lowest BCUT2D eigenvalue weighted by Gasteiger charge is -2.33. The Morgan fingerprint density at radius 2 is 1.47 bits per heavy atom. The Kier molecular flexibility index (Phi) is 9.22. The van der Waals surface area contributed by atoms with Crippen molar-refractivity contribution in [3.05, 3.63) is 95.4 Å². The van der Waals surface area contributed by atoms with Crippen molar-refractivity contribution in [1.82, 2.24) is 49.3 Å². The van der Waals surface area contributed by atoms with Crippen LogP contribution in [0.4, 0.5) is 20.4 Å². The number of rotatable bonds is 5. The van der Waals surface area contributed by atoms with Crippen LogP contribution in [0.3, 0.4) is 0 Å². The summed E-state index contributed by atoms with van der Waals surface area (Å²) in [5, 5.41) is -0.173. The van der Waals surface area contributed by atoms with Crippen molar-refractivity contribution in [3.63, 3.8) is 0 Å². The Bertz CT molecular complexity index is 2470. The lowest BCUT2D eigenvalue weighted by Crippen LogP contribution is -2.44. The molecule has 53 heavy (non-hydrogen) atoms. The molecule has 0 radical (unpaired) electrons. The maximum Gasteiger partial charge on any atom is 0.203 e. The number of benzene rings is 2. The largest absolute Gasteiger partial charge is 0.458 e. The lowest BCUT2D eigenvalue weighted by molar-refractivity contribution is 0.312. The summed E-state index contributed by atoms with van der Waals surface area (Å²) in [6, 6.07) is 9.32. The molecule has 16 heteroatoms. The average Bonchev–Trinajstić information content (AvgIpc) is 3.83. The van der Waals surface area contributed by atoms with Gasteiger partial charge in [0.15, 0.2) is 28.4 Å². The van der Waals surface area contributed by atoms with E-state index in [4.69, 9.17) is 4.42 Å². The highest BCUT2D eigenvalue weighted by Gasteiger charge is 2.27. The summed E-state index contributed by atoms with van der Waals surface area (Å²) in [6.45, 7) is 9.45. The summed E-state index contributed by atoms with van der Waals surface area (Å²) < 4.78 is 36.9. The molecule has 7 heterocycles. The van der Waals surface area contributed by atoms with Crippen LogP contribution >= 0.6 is 0 Å². The molecule has 1 unspecified atom stereocenters. The van der Waals surface area contributed by atoms with Crippen LogP contribution in [-0.2, 0) is 0 Å². The maximum absolute atomic E-state index is 14.7. The van der Waals surface area contributed by atoms with Gasteiger partial charge < -0.3 is 33.6 Å². The highest BCUT2D eigenvalue weighted by atomic mass is 19.1. The van der Waals surface area contributed by atoms with Crippen LogP contribution in [0.2, 0.25) is 0 Å². The first kappa shape index (κ1) is 34.2. The molecule has 0 bridgehead atoms. The average molecular weight is 721 g/mol. The number of anilines is 2. The van der Waals surface area contributed by atoms with E-state index in [-0.39, 0.29) is 22.3 Å². The Morgan fingerprint density at radius 3 is 2.21 bits per heavy atom. The van der Waals surface area contributed by atoms with E-state index in [0.29, 0.717) is 16.7 Å². The molecule has 2 saturated heterocycles. The van der Waals surface area contributed by atoms with Crippen molar-refractivity contribution in [1.29, 1.82) is 0 Å². The van der Waals surface area contributed by atoms with Crippen LogP contribution in [-0.4, -0.2) is 116 Å². The zero-order chi connectivity index (χ0) is 36.6. The van der Waals surface area contributed by atoms with Crippen LogP contribution < -0.4 is 15.2 Å². The SMILES string of the molecule is CC(c1oc2cccc(F)c2c(=O)c1-c1cccc(F)c1)n1cnc2c(N3CCN(C)CC3)ncnc21.CN1CCN(c2ncnc3nc[nH]c23)CC1. The number of aromatic amines is 1. The van der Waals surface area contributed by atoms with Crippen molar-refractivity contribution in [2.45, 2.75) is 13.0 Å². The van der Waals surface area contributed by atoms with Crippen LogP contribution in [0.25, 0.3) is 44.4 Å². The van der Waals surface area contributed by atoms with Gasteiger partial charge in [0.25, 0.3) is 0 Å². The number of imidazole rings is 2. The van der Waals surface area contributed by atoms with Crippen molar-refractivity contribution in [3.8, 4) is 11.1 Å².